The first kappa shape index (κ1) is 16.5. The Balaban J connectivity index is 2.34. The predicted molar refractivity (Wildman–Crippen MR) is 86.4 cm³/mol. The molecule has 0 saturated carbocycles. The van der Waals surface area contributed by atoms with E-state index in [0.717, 1.165) is 17.8 Å². The summed E-state index contributed by atoms with van der Waals surface area (Å²) in [7, 11) is 3.65. The van der Waals surface area contributed by atoms with Crippen LogP contribution in [0.4, 0.5) is 22.7 Å². The van der Waals surface area contributed by atoms with Gasteiger partial charge in [0.05, 0.1) is 11.0 Å². The molecule has 23 heavy (non-hydrogen) atoms. The molecular formula is C14H13ClN4O4. The van der Waals surface area contributed by atoms with Gasteiger partial charge in [-0.05, 0) is 18.2 Å². The van der Waals surface area contributed by atoms with Gasteiger partial charge in [0.1, 0.15) is 27.9 Å². The van der Waals surface area contributed by atoms with Crippen LogP contribution in [0.5, 0.6) is 11.5 Å². The highest BCUT2D eigenvalue weighted by Gasteiger charge is 2.16. The number of benzene rings is 2. The van der Waals surface area contributed by atoms with Crippen LogP contribution in [0.15, 0.2) is 40.6 Å². The molecule has 0 aliphatic heterocycles. The smallest absolute Gasteiger partial charge is 0.291 e. The van der Waals surface area contributed by atoms with Gasteiger partial charge in [0.25, 0.3) is 5.69 Å². The molecule has 8 nitrogen and oxygen atoms in total. The number of hydrogen-bond acceptors (Lipinski definition) is 7. The Bertz CT molecular complexity index is 793. The lowest BCUT2D eigenvalue weighted by Gasteiger charge is -2.12. The zero-order valence-corrected chi connectivity index (χ0v) is 13.0. The van der Waals surface area contributed by atoms with Crippen LogP contribution in [0.2, 0.25) is 5.02 Å². The minimum atomic E-state index is -0.714. The maximum Gasteiger partial charge on any atom is 0.291 e. The SMILES string of the molecule is CN(C)c1ccc(N=Nc2cc(Cl)c([N+](=O)[O-])cc2O)c(O)c1. The average Bonchev–Trinajstić information content (AvgIpc) is 2.48. The van der Waals surface area contributed by atoms with E-state index in [1.54, 1.807) is 12.1 Å². The molecule has 0 aliphatic rings. The minimum Gasteiger partial charge on any atom is -0.506 e. The Morgan fingerprint density at radius 1 is 1.09 bits per heavy atom. The van der Waals surface area contributed by atoms with Gasteiger partial charge in [0.15, 0.2) is 0 Å². The zero-order valence-electron chi connectivity index (χ0n) is 12.3. The highest BCUT2D eigenvalue weighted by molar-refractivity contribution is 6.33. The third kappa shape index (κ3) is 3.67. The van der Waals surface area contributed by atoms with Crippen molar-refractivity contribution in [1.29, 1.82) is 0 Å². The summed E-state index contributed by atoms with van der Waals surface area (Å²) in [4.78, 5) is 11.8. The van der Waals surface area contributed by atoms with E-state index < -0.39 is 16.4 Å². The van der Waals surface area contributed by atoms with E-state index in [2.05, 4.69) is 10.2 Å². The van der Waals surface area contributed by atoms with E-state index in [9.17, 15) is 20.3 Å². The Morgan fingerprint density at radius 2 is 1.70 bits per heavy atom. The minimum absolute atomic E-state index is 0.0447. The molecule has 0 saturated heterocycles. The Morgan fingerprint density at radius 3 is 2.26 bits per heavy atom. The van der Waals surface area contributed by atoms with Gasteiger partial charge in [0, 0.05) is 25.8 Å². The lowest BCUT2D eigenvalue weighted by molar-refractivity contribution is -0.384. The molecule has 2 aromatic carbocycles. The molecule has 120 valence electrons. The van der Waals surface area contributed by atoms with Crippen molar-refractivity contribution >= 4 is 34.4 Å². The van der Waals surface area contributed by atoms with Crippen molar-refractivity contribution in [3.8, 4) is 11.5 Å². The number of anilines is 1. The number of hydrogen-bond donors (Lipinski definition) is 2. The number of azo groups is 1. The molecule has 0 spiro atoms. The molecule has 0 atom stereocenters. The maximum atomic E-state index is 10.7. The molecule has 2 aromatic rings. The summed E-state index contributed by atoms with van der Waals surface area (Å²) >= 11 is 5.76. The first-order chi connectivity index (χ1) is 10.8. The predicted octanol–water partition coefficient (Wildman–Crippen LogP) is 4.14. The van der Waals surface area contributed by atoms with Gasteiger partial charge >= 0.3 is 0 Å². The first-order valence-corrected chi connectivity index (χ1v) is 6.76. The van der Waals surface area contributed by atoms with Crippen LogP contribution in [-0.2, 0) is 0 Å². The Kier molecular flexibility index (Phi) is 4.65. The average molecular weight is 337 g/mol. The standard InChI is InChI=1S/C14H13ClN4O4/c1-18(2)8-3-4-10(13(20)5-8)16-17-11-6-9(15)12(19(22)23)7-14(11)21/h3-7,20-21H,1-2H3. The lowest BCUT2D eigenvalue weighted by atomic mass is 10.2. The normalized spacial score (nSPS) is 10.9. The molecule has 9 heteroatoms. The van der Waals surface area contributed by atoms with Gasteiger partial charge in [-0.1, -0.05) is 11.6 Å². The Labute approximate surface area is 136 Å². The van der Waals surface area contributed by atoms with Crippen LogP contribution in [0.25, 0.3) is 0 Å². The van der Waals surface area contributed by atoms with Gasteiger partial charge in [0.2, 0.25) is 0 Å². The van der Waals surface area contributed by atoms with Crippen molar-refractivity contribution < 1.29 is 15.1 Å². The van der Waals surface area contributed by atoms with Gasteiger partial charge < -0.3 is 15.1 Å². The quantitative estimate of drug-likeness (QED) is 0.495. The van der Waals surface area contributed by atoms with Crippen LogP contribution in [-0.4, -0.2) is 29.2 Å². The molecule has 0 fully saturated rings. The molecular weight excluding hydrogens is 324 g/mol. The van der Waals surface area contributed by atoms with Crippen LogP contribution >= 0.6 is 11.6 Å². The van der Waals surface area contributed by atoms with Crippen LogP contribution in [0.1, 0.15) is 0 Å². The molecule has 0 bridgehead atoms. The summed E-state index contributed by atoms with van der Waals surface area (Å²) in [5, 5.41) is 37.8. The van der Waals surface area contributed by atoms with Crippen molar-refractivity contribution in [3.05, 3.63) is 45.5 Å². The van der Waals surface area contributed by atoms with Crippen molar-refractivity contribution in [2.24, 2.45) is 10.2 Å². The number of aromatic hydroxyl groups is 2. The highest BCUT2D eigenvalue weighted by Crippen LogP contribution is 2.38. The van der Waals surface area contributed by atoms with E-state index in [1.165, 1.54) is 6.07 Å². The third-order valence-electron chi connectivity index (χ3n) is 2.98. The second kappa shape index (κ2) is 6.49. The van der Waals surface area contributed by atoms with Gasteiger partial charge in [-0.3, -0.25) is 10.1 Å². The van der Waals surface area contributed by atoms with Crippen molar-refractivity contribution in [2.45, 2.75) is 0 Å². The maximum absolute atomic E-state index is 10.7. The van der Waals surface area contributed by atoms with Gasteiger partial charge in [-0.25, -0.2) is 0 Å². The van der Waals surface area contributed by atoms with Crippen LogP contribution < -0.4 is 4.90 Å². The van der Waals surface area contributed by atoms with Gasteiger partial charge in [-0.15, -0.1) is 10.2 Å². The van der Waals surface area contributed by atoms with E-state index >= 15 is 0 Å². The van der Waals surface area contributed by atoms with Crippen LogP contribution in [0, 0.1) is 10.1 Å². The largest absolute Gasteiger partial charge is 0.506 e. The second-order valence-electron chi connectivity index (χ2n) is 4.82. The van der Waals surface area contributed by atoms with E-state index in [-0.39, 0.29) is 22.1 Å². The lowest BCUT2D eigenvalue weighted by Crippen LogP contribution is -2.07. The third-order valence-corrected chi connectivity index (χ3v) is 3.28. The number of nitrogens with zero attached hydrogens (tertiary/aromatic N) is 4. The van der Waals surface area contributed by atoms with E-state index in [1.807, 2.05) is 19.0 Å². The number of nitro benzene ring substituents is 1. The molecule has 2 N–H and O–H groups in total. The van der Waals surface area contributed by atoms with Crippen LogP contribution in [0.3, 0.4) is 0 Å². The second-order valence-corrected chi connectivity index (χ2v) is 5.22. The highest BCUT2D eigenvalue weighted by atomic mass is 35.5. The van der Waals surface area contributed by atoms with Crippen molar-refractivity contribution in [2.75, 3.05) is 19.0 Å². The molecule has 0 aromatic heterocycles. The summed E-state index contributed by atoms with van der Waals surface area (Å²) in [5.74, 6) is -0.526. The molecule has 0 radical (unpaired) electrons. The summed E-state index contributed by atoms with van der Waals surface area (Å²) < 4.78 is 0. The number of phenolic OH excluding ortho intramolecular Hbond substituents is 2. The molecule has 0 unspecified atom stereocenters. The summed E-state index contributed by atoms with van der Waals surface area (Å²) in [6.45, 7) is 0. The number of phenols is 2. The fourth-order valence-electron chi connectivity index (χ4n) is 1.74. The van der Waals surface area contributed by atoms with E-state index in [0.29, 0.717) is 0 Å². The fourth-order valence-corrected chi connectivity index (χ4v) is 1.97. The zero-order chi connectivity index (χ0) is 17.1. The summed E-state index contributed by atoms with van der Waals surface area (Å²) in [6, 6.07) is 6.82. The molecule has 0 aliphatic carbocycles. The monoisotopic (exact) mass is 336 g/mol. The number of halogens is 1. The number of nitro groups is 1. The fraction of sp³-hybridized carbons (Fsp3) is 0.143. The van der Waals surface area contributed by atoms with Crippen molar-refractivity contribution in [1.82, 2.24) is 0 Å². The molecule has 0 heterocycles. The number of rotatable bonds is 4. The Hall–Kier alpha value is -2.87. The van der Waals surface area contributed by atoms with E-state index in [4.69, 9.17) is 11.6 Å². The topological polar surface area (TPSA) is 112 Å². The van der Waals surface area contributed by atoms with Gasteiger partial charge in [-0.2, -0.15) is 0 Å². The molecule has 2 rings (SSSR count). The van der Waals surface area contributed by atoms with Crippen molar-refractivity contribution in [3.63, 3.8) is 0 Å². The summed E-state index contributed by atoms with van der Waals surface area (Å²) in [5.41, 5.74) is 0.491. The summed E-state index contributed by atoms with van der Waals surface area (Å²) in [6.07, 6.45) is 0. The first-order valence-electron chi connectivity index (χ1n) is 6.38. The molecule has 0 amide bonds.